The molecule has 5 heteroatoms. The number of nitrogens with two attached hydrogens (primary N) is 2. The molecule has 114 valence electrons. The Morgan fingerprint density at radius 3 is 2.45 bits per heavy atom. The van der Waals surface area contributed by atoms with Crippen LogP contribution in [0.2, 0.25) is 0 Å². The minimum absolute atomic E-state index is 0. The van der Waals surface area contributed by atoms with Gasteiger partial charge in [0.1, 0.15) is 6.54 Å². The van der Waals surface area contributed by atoms with Crippen molar-refractivity contribution in [2.75, 3.05) is 62.2 Å². The third-order valence-corrected chi connectivity index (χ3v) is 4.33. The van der Waals surface area contributed by atoms with Crippen molar-refractivity contribution in [1.29, 1.82) is 0 Å². The highest BCUT2D eigenvalue weighted by molar-refractivity contribution is 5.72. The second-order valence-electron chi connectivity index (χ2n) is 5.36. The Balaban J connectivity index is 0.00000200. The van der Waals surface area contributed by atoms with E-state index in [2.05, 4.69) is 11.8 Å². The van der Waals surface area contributed by atoms with Crippen molar-refractivity contribution < 1.29 is 9.59 Å². The topological polar surface area (TPSA) is 75.5 Å². The third kappa shape index (κ3) is 3.35. The summed E-state index contributed by atoms with van der Waals surface area (Å²) in [7, 11) is 0. The second-order valence-corrected chi connectivity index (χ2v) is 5.36. The highest BCUT2D eigenvalue weighted by atomic mass is 16.3. The van der Waals surface area contributed by atoms with Gasteiger partial charge in [0.25, 0.3) is 0 Å². The Morgan fingerprint density at radius 2 is 1.90 bits per heavy atom. The number of aliphatic hydroxyl groups is 1. The van der Waals surface area contributed by atoms with E-state index < -0.39 is 0 Å². The number of nitrogen functional groups attached to an aromatic ring is 2. The highest BCUT2D eigenvalue weighted by Gasteiger charge is 2.31. The third-order valence-electron chi connectivity index (χ3n) is 4.33. The molecule has 1 fully saturated rings. The summed E-state index contributed by atoms with van der Waals surface area (Å²) in [5.41, 5.74) is 14.5. The number of nitrogens with zero attached hydrogens (tertiary/aromatic N) is 2. The van der Waals surface area contributed by atoms with Crippen molar-refractivity contribution in [3.63, 3.8) is 0 Å². The zero-order chi connectivity index (χ0) is 13.9. The zero-order valence-electron chi connectivity index (χ0n) is 11.7. The lowest BCUT2D eigenvalue weighted by Crippen LogP contribution is -2.60. The van der Waals surface area contributed by atoms with Crippen molar-refractivity contribution in [3.05, 3.63) is 18.2 Å². The summed E-state index contributed by atoms with van der Waals surface area (Å²) in [6, 6.07) is 5.66. The molecule has 1 aliphatic rings. The molecule has 1 aromatic carbocycles. The molecule has 0 bridgehead atoms. The Bertz CT molecular complexity index is 428. The summed E-state index contributed by atoms with van der Waals surface area (Å²) in [5.74, 6) is 0. The fourth-order valence-corrected chi connectivity index (χ4v) is 2.87. The van der Waals surface area contributed by atoms with Gasteiger partial charge in [-0.15, -0.1) is 0 Å². The van der Waals surface area contributed by atoms with E-state index in [-0.39, 0.29) is 14.0 Å². The molecule has 0 atom stereocenters. The van der Waals surface area contributed by atoms with Crippen LogP contribution in [0.25, 0.3) is 0 Å². The predicted molar refractivity (Wildman–Crippen MR) is 86.7 cm³/mol. The van der Waals surface area contributed by atoms with Gasteiger partial charge in [-0.05, 0) is 25.1 Å². The van der Waals surface area contributed by atoms with E-state index >= 15 is 0 Å². The molecule has 2 rings (SSSR count). The molecule has 0 aromatic heterocycles. The van der Waals surface area contributed by atoms with Gasteiger partial charge in [-0.3, -0.25) is 0 Å². The lowest BCUT2D eigenvalue weighted by atomic mass is 10.1. The monoisotopic (exact) mass is 281 g/mol. The summed E-state index contributed by atoms with van der Waals surface area (Å²) in [4.78, 5) is 2.30. The average molecular weight is 281 g/mol. The zero-order valence-corrected chi connectivity index (χ0v) is 11.7. The van der Waals surface area contributed by atoms with Crippen LogP contribution in [0, 0.1) is 0 Å². The molecule has 0 amide bonds. The number of aliphatic hydroxyl groups excluding tert-OH is 1. The smallest absolute Gasteiger partial charge is 0.102 e. The van der Waals surface area contributed by atoms with Crippen LogP contribution < -0.4 is 16.4 Å². The van der Waals surface area contributed by atoms with Crippen LogP contribution in [0.1, 0.15) is 14.4 Å². The van der Waals surface area contributed by atoms with Crippen molar-refractivity contribution in [2.45, 2.75) is 14.4 Å². The lowest BCUT2D eigenvalue weighted by molar-refractivity contribution is -0.927. The van der Waals surface area contributed by atoms with Crippen LogP contribution in [0.4, 0.5) is 17.1 Å². The molecule has 1 heterocycles. The van der Waals surface area contributed by atoms with Gasteiger partial charge in [0, 0.05) is 5.69 Å². The van der Waals surface area contributed by atoms with Crippen LogP contribution in [0.5, 0.6) is 0 Å². The fourth-order valence-electron chi connectivity index (χ4n) is 2.87. The summed E-state index contributed by atoms with van der Waals surface area (Å²) in [6.07, 6.45) is 0. The van der Waals surface area contributed by atoms with Crippen molar-refractivity contribution >= 4 is 17.1 Å². The maximum atomic E-state index is 9.21. The summed E-state index contributed by atoms with van der Waals surface area (Å²) < 4.78 is 0.995. The number of quaternary nitrogens is 1. The molecule has 1 saturated heterocycles. The molecule has 0 saturated carbocycles. The Morgan fingerprint density at radius 1 is 1.25 bits per heavy atom. The molecule has 0 radical (unpaired) electrons. The number of piperazine rings is 1. The van der Waals surface area contributed by atoms with Gasteiger partial charge in [0.05, 0.1) is 50.7 Å². The molecular weight excluding hydrogens is 252 g/mol. The van der Waals surface area contributed by atoms with E-state index in [4.69, 9.17) is 11.5 Å². The number of hydrogen-bond donors (Lipinski definition) is 3. The molecule has 5 nitrogen and oxygen atoms in total. The maximum Gasteiger partial charge on any atom is 0.102 e. The standard InChI is InChI=1S/C14H25N4O.CH4/c1-2-18(9-10-19)7-5-17(6-8-18)14-11-12(15)3-4-13(14)16;/h3-4,11,19H,2,5-10,15-16H2,1H3;1H4/q+1;. The van der Waals surface area contributed by atoms with Gasteiger partial charge >= 0.3 is 0 Å². The molecule has 1 aliphatic heterocycles. The Hall–Kier alpha value is -1.46. The minimum Gasteiger partial charge on any atom is -0.399 e. The van der Waals surface area contributed by atoms with E-state index in [0.717, 1.165) is 60.8 Å². The number of likely N-dealkylation sites (N-methyl/N-ethyl adjacent to an activating group) is 1. The second kappa shape index (κ2) is 6.81. The van der Waals surface area contributed by atoms with E-state index in [1.54, 1.807) is 0 Å². The SMILES string of the molecule is C.CC[N+]1(CCO)CCN(c2cc(N)ccc2N)CC1. The number of rotatable bonds is 4. The van der Waals surface area contributed by atoms with E-state index in [9.17, 15) is 5.11 Å². The Labute approximate surface area is 122 Å². The van der Waals surface area contributed by atoms with Crippen LogP contribution in [-0.2, 0) is 0 Å². The Kier molecular flexibility index (Phi) is 5.65. The van der Waals surface area contributed by atoms with Gasteiger partial charge in [-0.2, -0.15) is 0 Å². The van der Waals surface area contributed by atoms with E-state index in [0.29, 0.717) is 0 Å². The summed E-state index contributed by atoms with van der Waals surface area (Å²) in [6.45, 7) is 8.38. The van der Waals surface area contributed by atoms with Crippen LogP contribution >= 0.6 is 0 Å². The van der Waals surface area contributed by atoms with Gasteiger partial charge in [0.15, 0.2) is 0 Å². The number of benzene rings is 1. The van der Waals surface area contributed by atoms with Crippen molar-refractivity contribution in [3.8, 4) is 0 Å². The molecule has 20 heavy (non-hydrogen) atoms. The van der Waals surface area contributed by atoms with Gasteiger partial charge in [0.2, 0.25) is 0 Å². The number of hydrogen-bond acceptors (Lipinski definition) is 4. The van der Waals surface area contributed by atoms with Crippen molar-refractivity contribution in [1.82, 2.24) is 0 Å². The molecule has 0 aliphatic carbocycles. The first-order valence-corrected chi connectivity index (χ1v) is 6.96. The van der Waals surface area contributed by atoms with Crippen LogP contribution in [0.15, 0.2) is 18.2 Å². The minimum atomic E-state index is 0. The molecule has 1 aromatic rings. The van der Waals surface area contributed by atoms with E-state index in [1.165, 1.54) is 0 Å². The largest absolute Gasteiger partial charge is 0.399 e. The van der Waals surface area contributed by atoms with Gasteiger partial charge in [-0.1, -0.05) is 7.43 Å². The first-order chi connectivity index (χ1) is 9.10. The predicted octanol–water partition coefficient (Wildman–Crippen LogP) is 1.14. The molecule has 0 unspecified atom stereocenters. The highest BCUT2D eigenvalue weighted by Crippen LogP contribution is 2.27. The summed E-state index contributed by atoms with van der Waals surface area (Å²) >= 11 is 0. The van der Waals surface area contributed by atoms with Gasteiger partial charge in [-0.25, -0.2) is 0 Å². The first-order valence-electron chi connectivity index (χ1n) is 6.96. The van der Waals surface area contributed by atoms with Crippen molar-refractivity contribution in [2.24, 2.45) is 0 Å². The first kappa shape index (κ1) is 16.6. The van der Waals surface area contributed by atoms with Gasteiger partial charge < -0.3 is 26.0 Å². The number of anilines is 3. The molecule has 0 spiro atoms. The summed E-state index contributed by atoms with van der Waals surface area (Å²) in [5, 5.41) is 9.21. The molecule has 5 N–H and O–H groups in total. The lowest BCUT2D eigenvalue weighted by Gasteiger charge is -2.45. The average Bonchev–Trinajstić information content (AvgIpc) is 2.43. The quantitative estimate of drug-likeness (QED) is 0.571. The fraction of sp³-hybridized carbons (Fsp3) is 0.600. The maximum absolute atomic E-state index is 9.21. The van der Waals surface area contributed by atoms with Crippen LogP contribution in [0.3, 0.4) is 0 Å². The van der Waals surface area contributed by atoms with E-state index in [1.807, 2.05) is 18.2 Å². The van der Waals surface area contributed by atoms with Crippen LogP contribution in [-0.4, -0.2) is 55.5 Å². The molecular formula is C15H29N4O+. The normalized spacial score (nSPS) is 17.6.